The summed E-state index contributed by atoms with van der Waals surface area (Å²) < 4.78 is 5.39. The highest BCUT2D eigenvalue weighted by molar-refractivity contribution is 5.97. The molecule has 1 fully saturated rings. The lowest BCUT2D eigenvalue weighted by molar-refractivity contribution is 0.0827. The molecule has 1 aromatic rings. The molecule has 28 heavy (non-hydrogen) atoms. The first kappa shape index (κ1) is 20.2. The number of fused-ring (bicyclic) bond motifs is 2. The van der Waals surface area contributed by atoms with Gasteiger partial charge < -0.3 is 19.9 Å². The van der Waals surface area contributed by atoms with Gasteiger partial charge in [0.05, 0.1) is 12.8 Å². The van der Waals surface area contributed by atoms with E-state index >= 15 is 0 Å². The molecule has 0 unspecified atom stereocenters. The second-order valence-electron chi connectivity index (χ2n) is 8.33. The fourth-order valence-corrected chi connectivity index (χ4v) is 4.27. The molecule has 2 bridgehead atoms. The highest BCUT2D eigenvalue weighted by atomic mass is 16.5. The summed E-state index contributed by atoms with van der Waals surface area (Å²) in [6.07, 6.45) is 7.02. The minimum atomic E-state index is -0.158. The largest absolute Gasteiger partial charge is 0.495 e. The molecule has 2 aliphatic carbocycles. The number of carbonyl (C=O) groups is 2. The molecule has 3 amide bonds. The maximum atomic E-state index is 13.1. The maximum Gasteiger partial charge on any atom is 0.322 e. The standard InChI is InChI=1S/C22H31N3O3/c1-14(2)25(13-18-11-15-6-7-16(18)10-15)22(27)23-19-12-17(21(26)24(3)4)8-9-20(19)28-5/h6-9,12,14-16,18H,10-11,13H2,1-5H3,(H,23,27)/t15-,16-,18+/m0/s1. The van der Waals surface area contributed by atoms with Gasteiger partial charge in [0.15, 0.2) is 0 Å². The van der Waals surface area contributed by atoms with Gasteiger partial charge in [0.1, 0.15) is 5.75 Å². The number of hydrogen-bond acceptors (Lipinski definition) is 3. The van der Waals surface area contributed by atoms with Gasteiger partial charge in [-0.05, 0) is 62.6 Å². The van der Waals surface area contributed by atoms with E-state index in [1.165, 1.54) is 11.3 Å². The van der Waals surface area contributed by atoms with Crippen molar-refractivity contribution in [3.63, 3.8) is 0 Å². The Morgan fingerprint density at radius 1 is 1.21 bits per heavy atom. The molecule has 1 N–H and O–H groups in total. The summed E-state index contributed by atoms with van der Waals surface area (Å²) in [6, 6.07) is 5.03. The zero-order chi connectivity index (χ0) is 20.4. The van der Waals surface area contributed by atoms with Gasteiger partial charge in [-0.3, -0.25) is 4.79 Å². The lowest BCUT2D eigenvalue weighted by Crippen LogP contribution is -2.43. The second-order valence-corrected chi connectivity index (χ2v) is 8.33. The van der Waals surface area contributed by atoms with E-state index in [4.69, 9.17) is 4.74 Å². The smallest absolute Gasteiger partial charge is 0.322 e. The Morgan fingerprint density at radius 2 is 1.96 bits per heavy atom. The predicted octanol–water partition coefficient (Wildman–Crippen LogP) is 3.85. The molecular formula is C22H31N3O3. The fraction of sp³-hybridized carbons (Fsp3) is 0.545. The van der Waals surface area contributed by atoms with Crippen LogP contribution in [0.4, 0.5) is 10.5 Å². The third-order valence-electron chi connectivity index (χ3n) is 5.83. The van der Waals surface area contributed by atoms with Crippen molar-refractivity contribution in [1.82, 2.24) is 9.80 Å². The van der Waals surface area contributed by atoms with Crippen LogP contribution in [-0.2, 0) is 0 Å². The van der Waals surface area contributed by atoms with Gasteiger partial charge in [0.25, 0.3) is 5.91 Å². The number of carbonyl (C=O) groups excluding carboxylic acids is 2. The number of hydrogen-bond donors (Lipinski definition) is 1. The Labute approximate surface area is 167 Å². The van der Waals surface area contributed by atoms with Gasteiger partial charge in [-0.2, -0.15) is 0 Å². The second kappa shape index (κ2) is 8.25. The SMILES string of the molecule is COc1ccc(C(=O)N(C)C)cc1NC(=O)N(C[C@H]1C[C@H]2C=C[C@H]1C2)C(C)C. The van der Waals surface area contributed by atoms with Crippen LogP contribution < -0.4 is 10.1 Å². The summed E-state index contributed by atoms with van der Waals surface area (Å²) in [5.41, 5.74) is 1.02. The molecule has 6 nitrogen and oxygen atoms in total. The van der Waals surface area contributed by atoms with Gasteiger partial charge in [-0.15, -0.1) is 0 Å². The first-order valence-corrected chi connectivity index (χ1v) is 9.95. The third kappa shape index (κ3) is 4.16. The fourth-order valence-electron chi connectivity index (χ4n) is 4.27. The summed E-state index contributed by atoms with van der Waals surface area (Å²) in [5, 5.41) is 2.97. The predicted molar refractivity (Wildman–Crippen MR) is 111 cm³/mol. The van der Waals surface area contributed by atoms with Crippen LogP contribution in [0.25, 0.3) is 0 Å². The number of anilines is 1. The molecule has 0 aromatic heterocycles. The topological polar surface area (TPSA) is 61.9 Å². The molecule has 1 saturated carbocycles. The Hall–Kier alpha value is -2.50. The molecule has 0 saturated heterocycles. The maximum absolute atomic E-state index is 13.1. The van der Waals surface area contributed by atoms with Crippen LogP contribution in [0, 0.1) is 17.8 Å². The van der Waals surface area contributed by atoms with Crippen molar-refractivity contribution in [2.45, 2.75) is 32.7 Å². The van der Waals surface area contributed by atoms with E-state index < -0.39 is 0 Å². The van der Waals surface area contributed by atoms with E-state index in [1.807, 2.05) is 18.7 Å². The van der Waals surface area contributed by atoms with E-state index in [0.29, 0.717) is 34.8 Å². The molecular weight excluding hydrogens is 354 g/mol. The number of benzene rings is 1. The van der Waals surface area contributed by atoms with Crippen LogP contribution in [0.2, 0.25) is 0 Å². The Morgan fingerprint density at radius 3 is 2.50 bits per heavy atom. The van der Waals surface area contributed by atoms with Gasteiger partial charge in [0.2, 0.25) is 0 Å². The van der Waals surface area contributed by atoms with Crippen molar-refractivity contribution in [2.24, 2.45) is 17.8 Å². The Balaban J connectivity index is 1.76. The molecule has 0 aliphatic heterocycles. The normalized spacial score (nSPS) is 22.4. The molecule has 152 valence electrons. The van der Waals surface area contributed by atoms with Crippen LogP contribution in [0.3, 0.4) is 0 Å². The minimum absolute atomic E-state index is 0.0840. The van der Waals surface area contributed by atoms with E-state index in [-0.39, 0.29) is 18.0 Å². The number of nitrogens with zero attached hydrogens (tertiary/aromatic N) is 2. The Bertz CT molecular complexity index is 772. The van der Waals surface area contributed by atoms with Gasteiger partial charge in [-0.1, -0.05) is 12.2 Å². The van der Waals surface area contributed by atoms with Crippen molar-refractivity contribution >= 4 is 17.6 Å². The molecule has 1 aromatic carbocycles. The zero-order valence-corrected chi connectivity index (χ0v) is 17.4. The Kier molecular flexibility index (Phi) is 5.96. The van der Waals surface area contributed by atoms with E-state index in [1.54, 1.807) is 39.4 Å². The van der Waals surface area contributed by atoms with E-state index in [2.05, 4.69) is 17.5 Å². The third-order valence-corrected chi connectivity index (χ3v) is 5.83. The summed E-state index contributed by atoms with van der Waals surface area (Å²) in [4.78, 5) is 28.8. The quantitative estimate of drug-likeness (QED) is 0.757. The molecule has 2 aliphatic rings. The van der Waals surface area contributed by atoms with Crippen LogP contribution in [-0.4, -0.2) is 55.5 Å². The number of methoxy groups -OCH3 is 1. The molecule has 6 heteroatoms. The molecule has 0 heterocycles. The van der Waals surface area contributed by atoms with E-state index in [9.17, 15) is 9.59 Å². The van der Waals surface area contributed by atoms with Crippen molar-refractivity contribution in [1.29, 1.82) is 0 Å². The summed E-state index contributed by atoms with van der Waals surface area (Å²) >= 11 is 0. The number of urea groups is 1. The lowest BCUT2D eigenvalue weighted by Gasteiger charge is -2.32. The van der Waals surface area contributed by atoms with Gasteiger partial charge in [-0.25, -0.2) is 4.79 Å². The van der Waals surface area contributed by atoms with Crippen LogP contribution in [0.5, 0.6) is 5.75 Å². The number of nitrogens with one attached hydrogen (secondary N) is 1. The molecule has 0 spiro atoms. The summed E-state index contributed by atoms with van der Waals surface area (Å²) in [7, 11) is 4.96. The molecule has 0 radical (unpaired) electrons. The zero-order valence-electron chi connectivity index (χ0n) is 17.4. The van der Waals surface area contributed by atoms with Crippen LogP contribution >= 0.6 is 0 Å². The van der Waals surface area contributed by atoms with Crippen molar-refractivity contribution in [3.05, 3.63) is 35.9 Å². The van der Waals surface area contributed by atoms with Crippen LogP contribution in [0.1, 0.15) is 37.0 Å². The first-order valence-electron chi connectivity index (χ1n) is 9.95. The summed E-state index contributed by atoms with van der Waals surface area (Å²) in [6.45, 7) is 4.81. The van der Waals surface area contributed by atoms with E-state index in [0.717, 1.165) is 13.0 Å². The van der Waals surface area contributed by atoms with Gasteiger partial charge >= 0.3 is 6.03 Å². The highest BCUT2D eigenvalue weighted by Gasteiger charge is 2.37. The number of ether oxygens (including phenoxy) is 1. The average molecular weight is 386 g/mol. The number of allylic oxidation sites excluding steroid dienone is 2. The van der Waals surface area contributed by atoms with Crippen molar-refractivity contribution < 1.29 is 14.3 Å². The van der Waals surface area contributed by atoms with Crippen molar-refractivity contribution in [2.75, 3.05) is 33.1 Å². The van der Waals surface area contributed by atoms with Crippen LogP contribution in [0.15, 0.2) is 30.4 Å². The van der Waals surface area contributed by atoms with Gasteiger partial charge in [0, 0.05) is 32.2 Å². The minimum Gasteiger partial charge on any atom is -0.495 e. The first-order chi connectivity index (χ1) is 13.3. The monoisotopic (exact) mass is 385 g/mol. The number of rotatable bonds is 6. The summed E-state index contributed by atoms with van der Waals surface area (Å²) in [5.74, 6) is 2.21. The highest BCUT2D eigenvalue weighted by Crippen LogP contribution is 2.43. The molecule has 3 rings (SSSR count). The average Bonchev–Trinajstić information content (AvgIpc) is 3.28. The lowest BCUT2D eigenvalue weighted by atomic mass is 9.93. The van der Waals surface area contributed by atoms with Crippen molar-refractivity contribution in [3.8, 4) is 5.75 Å². The number of amides is 3. The molecule has 3 atom stereocenters.